The first kappa shape index (κ1) is 14.5. The average molecular weight is 303 g/mol. The van der Waals surface area contributed by atoms with Crippen molar-refractivity contribution in [1.29, 1.82) is 0 Å². The third-order valence-corrected chi connectivity index (χ3v) is 3.45. The van der Waals surface area contributed by atoms with Crippen LogP contribution in [-0.4, -0.2) is 35.9 Å². The molecule has 1 unspecified atom stereocenters. The Hall–Kier alpha value is -2.41. The molecule has 0 radical (unpaired) electrons. The normalized spacial score (nSPS) is 17.4. The molecule has 22 heavy (non-hydrogen) atoms. The van der Waals surface area contributed by atoms with Crippen molar-refractivity contribution in [1.82, 2.24) is 15.5 Å². The number of benzene rings is 1. The molecule has 0 aliphatic carbocycles. The molecule has 7 heteroatoms. The molecule has 1 amide bonds. The highest BCUT2D eigenvalue weighted by atomic mass is 16.5. The van der Waals surface area contributed by atoms with Crippen molar-refractivity contribution in [2.75, 3.05) is 13.7 Å². The molecule has 0 saturated carbocycles. The molecule has 7 nitrogen and oxygen atoms in total. The van der Waals surface area contributed by atoms with Crippen molar-refractivity contribution in [2.45, 2.75) is 25.5 Å². The van der Waals surface area contributed by atoms with Gasteiger partial charge in [0, 0.05) is 6.61 Å². The molecule has 1 aromatic heterocycles. The first-order valence-electron chi connectivity index (χ1n) is 7.13. The Morgan fingerprint density at radius 1 is 1.45 bits per heavy atom. The van der Waals surface area contributed by atoms with Gasteiger partial charge in [0.1, 0.15) is 11.9 Å². The van der Waals surface area contributed by atoms with Crippen LogP contribution < -0.4 is 10.1 Å². The van der Waals surface area contributed by atoms with Crippen LogP contribution in [0, 0.1) is 0 Å². The largest absolute Gasteiger partial charge is 0.496 e. The van der Waals surface area contributed by atoms with Crippen molar-refractivity contribution in [3.05, 3.63) is 30.2 Å². The number of hydrogen-bond acceptors (Lipinski definition) is 6. The first-order chi connectivity index (χ1) is 10.8. The van der Waals surface area contributed by atoms with E-state index in [1.54, 1.807) is 7.11 Å². The molecule has 2 aromatic rings. The van der Waals surface area contributed by atoms with Crippen LogP contribution in [0.2, 0.25) is 0 Å². The van der Waals surface area contributed by atoms with E-state index in [-0.39, 0.29) is 18.6 Å². The fraction of sp³-hybridized carbons (Fsp3) is 0.400. The molecule has 0 spiro atoms. The Balaban J connectivity index is 1.65. The molecule has 2 heterocycles. The van der Waals surface area contributed by atoms with E-state index in [0.29, 0.717) is 24.1 Å². The summed E-state index contributed by atoms with van der Waals surface area (Å²) in [7, 11) is 1.58. The molecule has 116 valence electrons. The molecule has 1 atom stereocenters. The van der Waals surface area contributed by atoms with Gasteiger partial charge in [-0.2, -0.15) is 4.98 Å². The lowest BCUT2D eigenvalue weighted by Crippen LogP contribution is -2.33. The molecule has 0 bridgehead atoms. The van der Waals surface area contributed by atoms with Gasteiger partial charge in [-0.05, 0) is 25.0 Å². The molecule has 3 rings (SSSR count). The third-order valence-electron chi connectivity index (χ3n) is 3.45. The summed E-state index contributed by atoms with van der Waals surface area (Å²) in [5, 5.41) is 6.66. The molecule has 1 fully saturated rings. The highest BCUT2D eigenvalue weighted by molar-refractivity contribution is 5.80. The first-order valence-corrected chi connectivity index (χ1v) is 7.13. The van der Waals surface area contributed by atoms with E-state index >= 15 is 0 Å². The van der Waals surface area contributed by atoms with E-state index < -0.39 is 0 Å². The lowest BCUT2D eigenvalue weighted by molar-refractivity contribution is -0.130. The monoisotopic (exact) mass is 303 g/mol. The van der Waals surface area contributed by atoms with Crippen LogP contribution in [0.25, 0.3) is 11.4 Å². The van der Waals surface area contributed by atoms with Crippen LogP contribution in [0.15, 0.2) is 28.8 Å². The lowest BCUT2D eigenvalue weighted by atomic mass is 10.2. The maximum Gasteiger partial charge on any atom is 0.249 e. The van der Waals surface area contributed by atoms with E-state index in [4.69, 9.17) is 14.0 Å². The Labute approximate surface area is 127 Å². The summed E-state index contributed by atoms with van der Waals surface area (Å²) < 4.78 is 15.7. The molecular weight excluding hydrogens is 286 g/mol. The van der Waals surface area contributed by atoms with Gasteiger partial charge in [0.2, 0.25) is 17.6 Å². The second-order valence-corrected chi connectivity index (χ2v) is 4.93. The molecule has 1 N–H and O–H groups in total. The number of nitrogens with one attached hydrogen (secondary N) is 1. The number of ether oxygens (including phenoxy) is 2. The maximum absolute atomic E-state index is 11.8. The second-order valence-electron chi connectivity index (χ2n) is 4.93. The summed E-state index contributed by atoms with van der Waals surface area (Å²) in [6, 6.07) is 7.40. The Bertz CT molecular complexity index is 650. The van der Waals surface area contributed by atoms with Crippen molar-refractivity contribution in [2.24, 2.45) is 0 Å². The minimum atomic E-state index is -0.364. The van der Waals surface area contributed by atoms with Gasteiger partial charge in [0.05, 0.1) is 19.2 Å². The topological polar surface area (TPSA) is 86.5 Å². The quantitative estimate of drug-likeness (QED) is 0.901. The lowest BCUT2D eigenvalue weighted by Gasteiger charge is -2.08. The molecular formula is C15H17N3O4. The summed E-state index contributed by atoms with van der Waals surface area (Å²) >= 11 is 0. The SMILES string of the molecule is COc1ccccc1-c1noc(CNC(=O)C2CCCO2)n1. The molecule has 1 aromatic carbocycles. The van der Waals surface area contributed by atoms with Gasteiger partial charge >= 0.3 is 0 Å². The molecule has 1 aliphatic heterocycles. The van der Waals surface area contributed by atoms with Crippen LogP contribution in [-0.2, 0) is 16.1 Å². The maximum atomic E-state index is 11.8. The Kier molecular flexibility index (Phi) is 4.34. The van der Waals surface area contributed by atoms with Gasteiger partial charge in [-0.15, -0.1) is 0 Å². The number of rotatable bonds is 5. The van der Waals surface area contributed by atoms with E-state index in [1.807, 2.05) is 24.3 Å². The van der Waals surface area contributed by atoms with Crippen LogP contribution in [0.5, 0.6) is 5.75 Å². The summed E-state index contributed by atoms with van der Waals surface area (Å²) in [6.45, 7) is 0.817. The summed E-state index contributed by atoms with van der Waals surface area (Å²) in [6.07, 6.45) is 1.30. The van der Waals surface area contributed by atoms with Crippen molar-refractivity contribution in [3.8, 4) is 17.1 Å². The van der Waals surface area contributed by atoms with E-state index in [0.717, 1.165) is 18.4 Å². The summed E-state index contributed by atoms with van der Waals surface area (Å²) in [5.74, 6) is 1.29. The summed E-state index contributed by atoms with van der Waals surface area (Å²) in [5.41, 5.74) is 0.741. The van der Waals surface area contributed by atoms with E-state index in [9.17, 15) is 4.79 Å². The number of methoxy groups -OCH3 is 1. The average Bonchev–Trinajstić information content (AvgIpc) is 3.24. The number of hydrogen-bond donors (Lipinski definition) is 1. The summed E-state index contributed by atoms with van der Waals surface area (Å²) in [4.78, 5) is 16.1. The minimum Gasteiger partial charge on any atom is -0.496 e. The standard InChI is InChI=1S/C15H17N3O4/c1-20-11-6-3-2-5-10(11)14-17-13(22-18-14)9-16-15(19)12-7-4-8-21-12/h2-3,5-6,12H,4,7-9H2,1H3,(H,16,19). The zero-order chi connectivity index (χ0) is 15.4. The smallest absolute Gasteiger partial charge is 0.249 e. The van der Waals surface area contributed by atoms with Gasteiger partial charge < -0.3 is 19.3 Å². The highest BCUT2D eigenvalue weighted by Gasteiger charge is 2.23. The van der Waals surface area contributed by atoms with Crippen LogP contribution >= 0.6 is 0 Å². The van der Waals surface area contributed by atoms with Gasteiger partial charge in [-0.25, -0.2) is 0 Å². The fourth-order valence-corrected chi connectivity index (χ4v) is 2.33. The van der Waals surface area contributed by atoms with E-state index in [2.05, 4.69) is 15.5 Å². The van der Waals surface area contributed by atoms with Gasteiger partial charge in [-0.3, -0.25) is 4.79 Å². The van der Waals surface area contributed by atoms with Crippen LogP contribution in [0.3, 0.4) is 0 Å². The van der Waals surface area contributed by atoms with Crippen molar-refractivity contribution < 1.29 is 18.8 Å². The van der Waals surface area contributed by atoms with Crippen LogP contribution in [0.4, 0.5) is 0 Å². The molecule has 1 saturated heterocycles. The number of nitrogens with zero attached hydrogens (tertiary/aromatic N) is 2. The number of carbonyl (C=O) groups excluding carboxylic acids is 1. The van der Waals surface area contributed by atoms with Gasteiger partial charge in [0.25, 0.3) is 0 Å². The number of amides is 1. The predicted octanol–water partition coefficient (Wildman–Crippen LogP) is 1.54. The van der Waals surface area contributed by atoms with Crippen molar-refractivity contribution in [3.63, 3.8) is 0 Å². The number of para-hydroxylation sites is 1. The number of aromatic nitrogens is 2. The molecule has 1 aliphatic rings. The minimum absolute atomic E-state index is 0.144. The van der Waals surface area contributed by atoms with Crippen molar-refractivity contribution >= 4 is 5.91 Å². The fourth-order valence-electron chi connectivity index (χ4n) is 2.33. The third kappa shape index (κ3) is 3.09. The van der Waals surface area contributed by atoms with E-state index in [1.165, 1.54) is 0 Å². The highest BCUT2D eigenvalue weighted by Crippen LogP contribution is 2.26. The zero-order valence-corrected chi connectivity index (χ0v) is 12.2. The van der Waals surface area contributed by atoms with Crippen LogP contribution in [0.1, 0.15) is 18.7 Å². The van der Waals surface area contributed by atoms with Gasteiger partial charge in [-0.1, -0.05) is 17.3 Å². The zero-order valence-electron chi connectivity index (χ0n) is 12.2. The Morgan fingerprint density at radius 3 is 3.09 bits per heavy atom. The predicted molar refractivity (Wildman–Crippen MR) is 77.1 cm³/mol. The number of carbonyl (C=O) groups is 1. The van der Waals surface area contributed by atoms with Gasteiger partial charge in [0.15, 0.2) is 0 Å². The second kappa shape index (κ2) is 6.57. The Morgan fingerprint density at radius 2 is 2.32 bits per heavy atom.